The largest absolute Gasteiger partial charge is 0.0623 e. The number of rotatable bonds is 0. The Labute approximate surface area is 121 Å². The summed E-state index contributed by atoms with van der Waals surface area (Å²) in [4.78, 5) is 21.6. The Kier molecular flexibility index (Phi) is 17.4. The zero-order valence-electron chi connectivity index (χ0n) is 5.66. The second-order valence-electron chi connectivity index (χ2n) is 1.67. The molecule has 0 aliphatic rings. The van der Waals surface area contributed by atoms with Crippen LogP contribution >= 0.6 is 7.82 Å². The molecule has 1 rings (SSSR count). The van der Waals surface area contributed by atoms with Gasteiger partial charge in [0.2, 0.25) is 0 Å². The van der Waals surface area contributed by atoms with E-state index in [1.165, 1.54) is 0 Å². The molecule has 0 aromatic heterocycles. The van der Waals surface area contributed by atoms with Gasteiger partial charge >= 0.3 is 66.9 Å². The van der Waals surface area contributed by atoms with Crippen LogP contribution in [0.5, 0.6) is 0 Å². The summed E-state index contributed by atoms with van der Waals surface area (Å²) < 4.78 is 8.88. The van der Waals surface area contributed by atoms with E-state index in [9.17, 15) is 0 Å². The van der Waals surface area contributed by atoms with Crippen molar-refractivity contribution in [2.24, 2.45) is 0 Å². The smallest absolute Gasteiger partial charge is 0.0623 e. The first-order chi connectivity index (χ1) is 5.00. The summed E-state index contributed by atoms with van der Waals surface area (Å²) in [5.74, 6) is 0. The van der Waals surface area contributed by atoms with Crippen molar-refractivity contribution in [1.29, 1.82) is 0 Å². The molecule has 13 heavy (non-hydrogen) atoms. The van der Waals surface area contributed by atoms with Crippen molar-refractivity contribution >= 4 is 66.9 Å². The van der Waals surface area contributed by atoms with Gasteiger partial charge in [0.05, 0.1) is 0 Å². The minimum absolute atomic E-state index is 0. The van der Waals surface area contributed by atoms with E-state index >= 15 is 0 Å². The fourth-order valence-corrected chi connectivity index (χ4v) is 0.385. The van der Waals surface area contributed by atoms with E-state index in [-0.39, 0.29) is 59.1 Å². The molecule has 1 aromatic carbocycles. The Morgan fingerprint density at radius 1 is 0.692 bits per heavy atom. The summed E-state index contributed by atoms with van der Waals surface area (Å²) in [5.41, 5.74) is 0. The van der Waals surface area contributed by atoms with Gasteiger partial charge in [-0.25, -0.2) is 4.57 Å². The molecule has 0 saturated heterocycles. The first kappa shape index (κ1) is 19.8. The molecule has 0 atom stereocenters. The van der Waals surface area contributed by atoms with Crippen LogP contribution in [0.3, 0.4) is 0 Å². The van der Waals surface area contributed by atoms with Gasteiger partial charge in [0.25, 0.3) is 0 Å². The van der Waals surface area contributed by atoms with Crippen LogP contribution in [-0.4, -0.2) is 73.8 Å². The van der Waals surface area contributed by atoms with Gasteiger partial charge in [0, 0.05) is 0 Å². The molecule has 66 valence electrons. The Bertz CT molecular complexity index is 190. The molecule has 4 nitrogen and oxygen atoms in total. The van der Waals surface area contributed by atoms with E-state index in [0.29, 0.717) is 0 Å². The number of phosphoric acid groups is 1. The molecule has 0 heterocycles. The van der Waals surface area contributed by atoms with Crippen LogP contribution in [-0.2, 0) is 4.57 Å². The monoisotopic (exact) mass is 224 g/mol. The summed E-state index contributed by atoms with van der Waals surface area (Å²) in [6.07, 6.45) is 0. The normalized spacial score (nSPS) is 8.23. The molecule has 0 amide bonds. The zero-order chi connectivity index (χ0) is 8.74. The van der Waals surface area contributed by atoms with Crippen molar-refractivity contribution in [3.05, 3.63) is 36.4 Å². The van der Waals surface area contributed by atoms with Crippen LogP contribution in [0.15, 0.2) is 36.4 Å². The summed E-state index contributed by atoms with van der Waals surface area (Å²) in [5, 5.41) is 0. The van der Waals surface area contributed by atoms with Crippen LogP contribution in [0.25, 0.3) is 0 Å². The van der Waals surface area contributed by atoms with Crippen LogP contribution in [0.1, 0.15) is 0 Å². The molecule has 3 N–H and O–H groups in total. The van der Waals surface area contributed by atoms with Crippen LogP contribution < -0.4 is 0 Å². The quantitative estimate of drug-likeness (QED) is 0.408. The van der Waals surface area contributed by atoms with Crippen LogP contribution in [0, 0.1) is 0 Å². The topological polar surface area (TPSA) is 77.8 Å². The molecule has 7 heteroatoms. The maximum atomic E-state index is 8.88. The number of hydrogen-bond acceptors (Lipinski definition) is 1. The first-order valence-corrected chi connectivity index (χ1v) is 4.35. The standard InChI is InChI=1S/C6H6.2Na.H3O4P.2H/c1-2-4-6-5-3-1;;;1-5(2,3)4;;/h1-6H;;;(H3,1,2,3,4);;. The molecular formula is C6H11Na2O4P. The van der Waals surface area contributed by atoms with Crippen LogP contribution in [0.2, 0.25) is 0 Å². The van der Waals surface area contributed by atoms with E-state index in [4.69, 9.17) is 19.2 Å². The molecule has 0 spiro atoms. The minimum atomic E-state index is -4.64. The average molecular weight is 224 g/mol. The SMILES string of the molecule is O=P(O)(O)O.[NaH].[NaH].c1ccccc1. The second kappa shape index (κ2) is 11.4. The second-order valence-corrected chi connectivity index (χ2v) is 2.69. The molecule has 0 bridgehead atoms. The zero-order valence-corrected chi connectivity index (χ0v) is 6.56. The van der Waals surface area contributed by atoms with E-state index in [1.54, 1.807) is 0 Å². The van der Waals surface area contributed by atoms with Crippen molar-refractivity contribution in [1.82, 2.24) is 0 Å². The van der Waals surface area contributed by atoms with Gasteiger partial charge in [-0.15, -0.1) is 0 Å². The fourth-order valence-electron chi connectivity index (χ4n) is 0.385. The summed E-state index contributed by atoms with van der Waals surface area (Å²) >= 11 is 0. The Morgan fingerprint density at radius 3 is 0.846 bits per heavy atom. The third-order valence-corrected chi connectivity index (χ3v) is 0.667. The van der Waals surface area contributed by atoms with Crippen molar-refractivity contribution < 1.29 is 19.2 Å². The molecule has 0 aliphatic carbocycles. The predicted molar refractivity (Wildman–Crippen MR) is 55.0 cm³/mol. The van der Waals surface area contributed by atoms with Gasteiger partial charge < -0.3 is 14.7 Å². The van der Waals surface area contributed by atoms with Gasteiger partial charge in [0.15, 0.2) is 0 Å². The van der Waals surface area contributed by atoms with Gasteiger partial charge in [-0.3, -0.25) is 0 Å². The Balaban J connectivity index is -0.000000136. The Morgan fingerprint density at radius 2 is 0.769 bits per heavy atom. The minimum Gasteiger partial charge on any atom is -0.0623 e. The molecule has 0 fully saturated rings. The van der Waals surface area contributed by atoms with Crippen molar-refractivity contribution in [2.75, 3.05) is 0 Å². The predicted octanol–water partition coefficient (Wildman–Crippen LogP) is -0.539. The number of hydrogen-bond donors (Lipinski definition) is 3. The molecule has 1 aromatic rings. The maximum absolute atomic E-state index is 8.88. The summed E-state index contributed by atoms with van der Waals surface area (Å²) in [7, 11) is -4.64. The average Bonchev–Trinajstić information content (AvgIpc) is 1.88. The summed E-state index contributed by atoms with van der Waals surface area (Å²) in [6, 6.07) is 12.0. The Hall–Kier alpha value is 1.33. The first-order valence-electron chi connectivity index (χ1n) is 2.78. The van der Waals surface area contributed by atoms with E-state index < -0.39 is 7.82 Å². The molecule has 0 unspecified atom stereocenters. The fraction of sp³-hybridized carbons (Fsp3) is 0. The van der Waals surface area contributed by atoms with Crippen molar-refractivity contribution in [2.45, 2.75) is 0 Å². The van der Waals surface area contributed by atoms with Crippen LogP contribution in [0.4, 0.5) is 0 Å². The molecular weight excluding hydrogens is 213 g/mol. The third kappa shape index (κ3) is 31.8. The van der Waals surface area contributed by atoms with Crippen molar-refractivity contribution in [3.63, 3.8) is 0 Å². The van der Waals surface area contributed by atoms with Gasteiger partial charge in [-0.1, -0.05) is 36.4 Å². The molecule has 0 saturated carbocycles. The van der Waals surface area contributed by atoms with E-state index in [0.717, 1.165) is 0 Å². The van der Waals surface area contributed by atoms with E-state index in [1.807, 2.05) is 36.4 Å². The van der Waals surface area contributed by atoms with Gasteiger partial charge in [-0.2, -0.15) is 0 Å². The third-order valence-electron chi connectivity index (χ3n) is 0.667. The van der Waals surface area contributed by atoms with E-state index in [2.05, 4.69) is 0 Å². The van der Waals surface area contributed by atoms with Gasteiger partial charge in [0.1, 0.15) is 0 Å². The molecule has 0 aliphatic heterocycles. The summed E-state index contributed by atoms with van der Waals surface area (Å²) in [6.45, 7) is 0. The van der Waals surface area contributed by atoms with Gasteiger partial charge in [-0.05, 0) is 0 Å². The number of benzene rings is 1. The van der Waals surface area contributed by atoms with Crippen molar-refractivity contribution in [3.8, 4) is 0 Å². The maximum Gasteiger partial charge on any atom is -0.0623 e. The molecule has 0 radical (unpaired) electrons.